The first-order valence-corrected chi connectivity index (χ1v) is 10.8. The van der Waals surface area contributed by atoms with Gasteiger partial charge in [-0.15, -0.1) is 0 Å². The van der Waals surface area contributed by atoms with E-state index in [1.54, 1.807) is 4.90 Å². The molecule has 0 bridgehead atoms. The number of nitrogens with zero attached hydrogens (tertiary/aromatic N) is 2. The SMILES string of the molecule is CC(C)(C)OC(=O)N1CCN(c2cc(OC3CCSCC3)c(F)cc2F)CC1. The lowest BCUT2D eigenvalue weighted by Crippen LogP contribution is -2.50. The van der Waals surface area contributed by atoms with Crippen molar-refractivity contribution >= 4 is 23.5 Å². The van der Waals surface area contributed by atoms with E-state index in [9.17, 15) is 13.6 Å². The summed E-state index contributed by atoms with van der Waals surface area (Å²) in [6.07, 6.45) is 1.33. The molecule has 0 unspecified atom stereocenters. The summed E-state index contributed by atoms with van der Waals surface area (Å²) < 4.78 is 39.9. The molecule has 156 valence electrons. The van der Waals surface area contributed by atoms with Crippen LogP contribution in [0.3, 0.4) is 0 Å². The van der Waals surface area contributed by atoms with Crippen LogP contribution in [-0.4, -0.2) is 60.4 Å². The van der Waals surface area contributed by atoms with E-state index in [2.05, 4.69) is 0 Å². The molecule has 2 aliphatic heterocycles. The van der Waals surface area contributed by atoms with Crippen LogP contribution in [0, 0.1) is 11.6 Å². The Bertz CT molecular complexity index is 697. The summed E-state index contributed by atoms with van der Waals surface area (Å²) in [5.41, 5.74) is -0.244. The maximum atomic E-state index is 14.4. The summed E-state index contributed by atoms with van der Waals surface area (Å²) in [6.45, 7) is 7.19. The summed E-state index contributed by atoms with van der Waals surface area (Å²) in [5, 5.41) is 0. The van der Waals surface area contributed by atoms with Crippen LogP contribution >= 0.6 is 11.8 Å². The lowest BCUT2D eigenvalue weighted by molar-refractivity contribution is 0.0240. The van der Waals surface area contributed by atoms with Crippen LogP contribution in [0.2, 0.25) is 0 Å². The van der Waals surface area contributed by atoms with Gasteiger partial charge < -0.3 is 19.3 Å². The molecule has 0 atom stereocenters. The Morgan fingerprint density at radius 2 is 1.71 bits per heavy atom. The zero-order valence-electron chi connectivity index (χ0n) is 16.7. The average molecular weight is 415 g/mol. The minimum atomic E-state index is -0.674. The fourth-order valence-corrected chi connectivity index (χ4v) is 4.34. The summed E-state index contributed by atoms with van der Waals surface area (Å²) in [6, 6.07) is 2.35. The van der Waals surface area contributed by atoms with Gasteiger partial charge in [0.2, 0.25) is 0 Å². The predicted molar refractivity (Wildman–Crippen MR) is 107 cm³/mol. The number of amides is 1. The topological polar surface area (TPSA) is 42.0 Å². The highest BCUT2D eigenvalue weighted by Gasteiger charge is 2.28. The van der Waals surface area contributed by atoms with Gasteiger partial charge in [0.15, 0.2) is 11.6 Å². The molecule has 8 heteroatoms. The number of ether oxygens (including phenoxy) is 2. The molecule has 1 aromatic rings. The Kier molecular flexibility index (Phi) is 6.58. The van der Waals surface area contributed by atoms with Crippen molar-refractivity contribution in [1.29, 1.82) is 0 Å². The molecule has 0 aliphatic carbocycles. The van der Waals surface area contributed by atoms with Crippen LogP contribution < -0.4 is 9.64 Å². The molecule has 2 saturated heterocycles. The van der Waals surface area contributed by atoms with E-state index < -0.39 is 17.2 Å². The number of benzene rings is 1. The third-order valence-corrected chi connectivity index (χ3v) is 5.78. The molecule has 5 nitrogen and oxygen atoms in total. The highest BCUT2D eigenvalue weighted by molar-refractivity contribution is 7.99. The maximum Gasteiger partial charge on any atom is 0.410 e. The molecule has 0 spiro atoms. The first-order valence-electron chi connectivity index (χ1n) is 9.69. The van der Waals surface area contributed by atoms with Crippen molar-refractivity contribution in [2.24, 2.45) is 0 Å². The normalized spacial score (nSPS) is 18.9. The van der Waals surface area contributed by atoms with E-state index >= 15 is 0 Å². The van der Waals surface area contributed by atoms with E-state index in [4.69, 9.17) is 9.47 Å². The minimum absolute atomic E-state index is 0.0296. The predicted octanol–water partition coefficient (Wildman–Crippen LogP) is 4.30. The van der Waals surface area contributed by atoms with Gasteiger partial charge in [0.05, 0.1) is 5.69 Å². The number of carbonyl (C=O) groups excluding carboxylic acids is 1. The number of rotatable bonds is 3. The smallest absolute Gasteiger partial charge is 0.410 e. The summed E-state index contributed by atoms with van der Waals surface area (Å²) in [7, 11) is 0. The molecule has 2 fully saturated rings. The monoisotopic (exact) mass is 414 g/mol. The number of anilines is 1. The van der Waals surface area contributed by atoms with Crippen molar-refractivity contribution in [3.63, 3.8) is 0 Å². The molecule has 2 heterocycles. The number of hydrogen-bond acceptors (Lipinski definition) is 5. The Labute approximate surface area is 169 Å². The standard InChI is InChI=1S/C20H28F2N2O3S/c1-20(2,3)27-19(25)24-8-6-23(7-9-24)17-13-18(16(22)12-15(17)21)26-14-4-10-28-11-5-14/h12-14H,4-11H2,1-3H3. The molecule has 28 heavy (non-hydrogen) atoms. The molecular weight excluding hydrogens is 386 g/mol. The van der Waals surface area contributed by atoms with Gasteiger partial charge in [0.25, 0.3) is 0 Å². The quantitative estimate of drug-likeness (QED) is 0.738. The number of piperazine rings is 1. The van der Waals surface area contributed by atoms with E-state index in [0.29, 0.717) is 31.9 Å². The molecule has 0 aromatic heterocycles. The zero-order valence-corrected chi connectivity index (χ0v) is 17.5. The summed E-state index contributed by atoms with van der Waals surface area (Å²) in [4.78, 5) is 15.6. The number of carbonyl (C=O) groups is 1. The molecule has 1 amide bonds. The van der Waals surface area contributed by atoms with Crippen molar-refractivity contribution in [2.45, 2.75) is 45.3 Å². The van der Waals surface area contributed by atoms with Gasteiger partial charge >= 0.3 is 6.09 Å². The number of thioether (sulfide) groups is 1. The highest BCUT2D eigenvalue weighted by Crippen LogP contribution is 2.31. The average Bonchev–Trinajstić information content (AvgIpc) is 2.63. The molecule has 2 aliphatic rings. The minimum Gasteiger partial charge on any atom is -0.487 e. The van der Waals surface area contributed by atoms with E-state index in [1.807, 2.05) is 37.4 Å². The van der Waals surface area contributed by atoms with Gasteiger partial charge in [-0.2, -0.15) is 11.8 Å². The molecular formula is C20H28F2N2O3S. The van der Waals surface area contributed by atoms with E-state index in [-0.39, 0.29) is 17.9 Å². The first-order chi connectivity index (χ1) is 13.2. The van der Waals surface area contributed by atoms with Crippen LogP contribution in [0.15, 0.2) is 12.1 Å². The Morgan fingerprint density at radius 3 is 2.32 bits per heavy atom. The van der Waals surface area contributed by atoms with Crippen molar-refractivity contribution in [1.82, 2.24) is 4.90 Å². The number of halogens is 2. The van der Waals surface area contributed by atoms with Crippen LogP contribution in [0.25, 0.3) is 0 Å². The molecule has 1 aromatic carbocycles. The van der Waals surface area contributed by atoms with Crippen molar-refractivity contribution in [2.75, 3.05) is 42.6 Å². The number of hydrogen-bond donors (Lipinski definition) is 0. The fraction of sp³-hybridized carbons (Fsp3) is 0.650. The lowest BCUT2D eigenvalue weighted by atomic mass is 10.2. The molecule has 3 rings (SSSR count). The fourth-order valence-electron chi connectivity index (χ4n) is 3.28. The highest BCUT2D eigenvalue weighted by atomic mass is 32.2. The van der Waals surface area contributed by atoms with Crippen LogP contribution in [0.1, 0.15) is 33.6 Å². The second-order valence-electron chi connectivity index (χ2n) is 8.12. The van der Waals surface area contributed by atoms with E-state index in [0.717, 1.165) is 30.4 Å². The van der Waals surface area contributed by atoms with Crippen molar-refractivity contribution in [3.8, 4) is 5.75 Å². The van der Waals surface area contributed by atoms with Gasteiger partial charge in [0.1, 0.15) is 17.5 Å². The van der Waals surface area contributed by atoms with E-state index in [1.165, 1.54) is 6.07 Å². The lowest BCUT2D eigenvalue weighted by Gasteiger charge is -2.37. The first kappa shape index (κ1) is 21.0. The van der Waals surface area contributed by atoms with Crippen LogP contribution in [-0.2, 0) is 4.74 Å². The zero-order chi connectivity index (χ0) is 20.3. The maximum absolute atomic E-state index is 14.4. The molecule has 0 saturated carbocycles. The largest absolute Gasteiger partial charge is 0.487 e. The second kappa shape index (κ2) is 8.76. The third kappa shape index (κ3) is 5.43. The summed E-state index contributed by atoms with van der Waals surface area (Å²) in [5.74, 6) is 0.796. The van der Waals surface area contributed by atoms with Gasteiger partial charge in [-0.1, -0.05) is 0 Å². The Morgan fingerprint density at radius 1 is 1.07 bits per heavy atom. The van der Waals surface area contributed by atoms with Gasteiger partial charge in [-0.25, -0.2) is 13.6 Å². The van der Waals surface area contributed by atoms with Crippen molar-refractivity contribution in [3.05, 3.63) is 23.8 Å². The van der Waals surface area contributed by atoms with Crippen LogP contribution in [0.5, 0.6) is 5.75 Å². The van der Waals surface area contributed by atoms with Crippen molar-refractivity contribution < 1.29 is 23.0 Å². The Balaban J connectivity index is 1.65. The third-order valence-electron chi connectivity index (χ3n) is 4.74. The molecule has 0 radical (unpaired) electrons. The second-order valence-corrected chi connectivity index (χ2v) is 9.34. The summed E-state index contributed by atoms with van der Waals surface area (Å²) >= 11 is 1.86. The van der Waals surface area contributed by atoms with Crippen LogP contribution in [0.4, 0.5) is 19.3 Å². The van der Waals surface area contributed by atoms with Gasteiger partial charge in [-0.3, -0.25) is 0 Å². The molecule has 0 N–H and O–H groups in total. The Hall–Kier alpha value is -1.70. The van der Waals surface area contributed by atoms with Gasteiger partial charge in [0, 0.05) is 38.3 Å². The van der Waals surface area contributed by atoms with Gasteiger partial charge in [-0.05, 0) is 45.1 Å².